The summed E-state index contributed by atoms with van der Waals surface area (Å²) in [6, 6.07) is 0.594. The summed E-state index contributed by atoms with van der Waals surface area (Å²) < 4.78 is 0. The molecule has 1 aliphatic carbocycles. The molecule has 0 bridgehead atoms. The van der Waals surface area contributed by atoms with Gasteiger partial charge in [-0.05, 0) is 26.7 Å². The summed E-state index contributed by atoms with van der Waals surface area (Å²) in [6.07, 6.45) is 2.46. The minimum absolute atomic E-state index is 0.0116. The van der Waals surface area contributed by atoms with E-state index in [-0.39, 0.29) is 11.9 Å². The molecule has 1 unspecified atom stereocenters. The third-order valence-corrected chi connectivity index (χ3v) is 2.28. The fourth-order valence-electron chi connectivity index (χ4n) is 1.16. The van der Waals surface area contributed by atoms with Crippen LogP contribution in [0.25, 0.3) is 0 Å². The number of amides is 1. The first-order valence-electron chi connectivity index (χ1n) is 4.66. The Morgan fingerprint density at radius 2 is 2.25 bits per heavy atom. The first-order valence-corrected chi connectivity index (χ1v) is 4.66. The molecule has 1 aliphatic rings. The van der Waals surface area contributed by atoms with Crippen LogP contribution < -0.4 is 5.32 Å². The second-order valence-electron chi connectivity index (χ2n) is 3.52. The van der Waals surface area contributed by atoms with Gasteiger partial charge in [-0.25, -0.2) is 0 Å². The van der Waals surface area contributed by atoms with E-state index in [9.17, 15) is 4.79 Å². The van der Waals surface area contributed by atoms with E-state index in [0.29, 0.717) is 6.04 Å². The van der Waals surface area contributed by atoms with Crippen LogP contribution in [0.15, 0.2) is 0 Å². The van der Waals surface area contributed by atoms with E-state index in [1.54, 1.807) is 4.90 Å². The Kier molecular flexibility index (Phi) is 3.09. The summed E-state index contributed by atoms with van der Waals surface area (Å²) in [5.41, 5.74) is 0. The van der Waals surface area contributed by atoms with Crippen molar-refractivity contribution in [2.75, 3.05) is 13.6 Å². The molecule has 0 aromatic rings. The van der Waals surface area contributed by atoms with Crippen molar-refractivity contribution in [2.45, 2.75) is 38.8 Å². The van der Waals surface area contributed by atoms with E-state index in [0.717, 1.165) is 6.54 Å². The molecule has 3 heteroatoms. The van der Waals surface area contributed by atoms with Crippen LogP contribution in [0.4, 0.5) is 0 Å². The van der Waals surface area contributed by atoms with Crippen molar-refractivity contribution in [3.05, 3.63) is 0 Å². The van der Waals surface area contributed by atoms with Gasteiger partial charge in [0.1, 0.15) is 0 Å². The van der Waals surface area contributed by atoms with Crippen LogP contribution in [-0.2, 0) is 4.79 Å². The second kappa shape index (κ2) is 3.90. The molecule has 0 saturated heterocycles. The number of carbonyl (C=O) groups is 1. The van der Waals surface area contributed by atoms with Crippen molar-refractivity contribution < 1.29 is 4.79 Å². The highest BCUT2D eigenvalue weighted by atomic mass is 16.2. The minimum Gasteiger partial charge on any atom is -0.345 e. The average molecular weight is 170 g/mol. The van der Waals surface area contributed by atoms with Crippen molar-refractivity contribution in [1.29, 1.82) is 0 Å². The molecular weight excluding hydrogens is 152 g/mol. The van der Waals surface area contributed by atoms with Crippen LogP contribution in [-0.4, -0.2) is 36.5 Å². The highest BCUT2D eigenvalue weighted by molar-refractivity contribution is 5.81. The van der Waals surface area contributed by atoms with Gasteiger partial charge in [-0.15, -0.1) is 0 Å². The first kappa shape index (κ1) is 9.52. The normalized spacial score (nSPS) is 18.9. The number of hydrogen-bond donors (Lipinski definition) is 1. The molecular formula is C9H18N2O. The molecule has 70 valence electrons. The number of nitrogens with zero attached hydrogens (tertiary/aromatic N) is 1. The van der Waals surface area contributed by atoms with Gasteiger partial charge in [0.25, 0.3) is 0 Å². The lowest BCUT2D eigenvalue weighted by Gasteiger charge is -2.20. The lowest BCUT2D eigenvalue weighted by Crippen LogP contribution is -2.43. The van der Waals surface area contributed by atoms with E-state index in [2.05, 4.69) is 5.32 Å². The van der Waals surface area contributed by atoms with Gasteiger partial charge in [-0.2, -0.15) is 0 Å². The van der Waals surface area contributed by atoms with E-state index >= 15 is 0 Å². The van der Waals surface area contributed by atoms with Gasteiger partial charge in [0, 0.05) is 19.6 Å². The summed E-state index contributed by atoms with van der Waals surface area (Å²) in [6.45, 7) is 4.71. The van der Waals surface area contributed by atoms with Crippen molar-refractivity contribution in [1.82, 2.24) is 10.2 Å². The quantitative estimate of drug-likeness (QED) is 0.670. The Morgan fingerprint density at radius 3 is 2.67 bits per heavy atom. The Bertz CT molecular complexity index is 166. The predicted octanol–water partition coefficient (Wildman–Crippen LogP) is 0.605. The topological polar surface area (TPSA) is 32.3 Å². The van der Waals surface area contributed by atoms with Gasteiger partial charge in [-0.3, -0.25) is 4.79 Å². The second-order valence-corrected chi connectivity index (χ2v) is 3.52. The van der Waals surface area contributed by atoms with Crippen LogP contribution in [0.3, 0.4) is 0 Å². The van der Waals surface area contributed by atoms with Crippen LogP contribution >= 0.6 is 0 Å². The maximum atomic E-state index is 11.5. The minimum atomic E-state index is -0.0116. The van der Waals surface area contributed by atoms with E-state index in [4.69, 9.17) is 0 Å². The molecule has 1 atom stereocenters. The van der Waals surface area contributed by atoms with Gasteiger partial charge in [-0.1, -0.05) is 0 Å². The molecule has 0 spiro atoms. The SMILES string of the molecule is CCN(C)C(=O)C(C)NC1CC1. The molecule has 1 saturated carbocycles. The highest BCUT2D eigenvalue weighted by Crippen LogP contribution is 2.19. The highest BCUT2D eigenvalue weighted by Gasteiger charge is 2.26. The van der Waals surface area contributed by atoms with E-state index in [1.165, 1.54) is 12.8 Å². The number of rotatable bonds is 4. The van der Waals surface area contributed by atoms with Gasteiger partial charge >= 0.3 is 0 Å². The third kappa shape index (κ3) is 2.48. The zero-order valence-corrected chi connectivity index (χ0v) is 8.13. The number of carbonyl (C=O) groups excluding carboxylic acids is 1. The lowest BCUT2D eigenvalue weighted by molar-refractivity contribution is -0.131. The first-order chi connectivity index (χ1) is 5.65. The maximum absolute atomic E-state index is 11.5. The van der Waals surface area contributed by atoms with E-state index in [1.807, 2.05) is 20.9 Å². The molecule has 0 aliphatic heterocycles. The van der Waals surface area contributed by atoms with Gasteiger partial charge in [0.15, 0.2) is 0 Å². The average Bonchev–Trinajstić information content (AvgIpc) is 2.85. The van der Waals surface area contributed by atoms with Crippen molar-refractivity contribution in [3.63, 3.8) is 0 Å². The molecule has 0 heterocycles. The molecule has 0 aromatic heterocycles. The Labute approximate surface area is 74.1 Å². The predicted molar refractivity (Wildman–Crippen MR) is 48.9 cm³/mol. The molecule has 0 radical (unpaired) electrons. The zero-order chi connectivity index (χ0) is 9.14. The molecule has 1 fully saturated rings. The largest absolute Gasteiger partial charge is 0.345 e. The molecule has 12 heavy (non-hydrogen) atoms. The van der Waals surface area contributed by atoms with Crippen LogP contribution in [0.2, 0.25) is 0 Å². The van der Waals surface area contributed by atoms with Crippen molar-refractivity contribution in [3.8, 4) is 0 Å². The molecule has 0 aromatic carbocycles. The van der Waals surface area contributed by atoms with Gasteiger partial charge in [0.05, 0.1) is 6.04 Å². The summed E-state index contributed by atoms with van der Waals surface area (Å²) in [4.78, 5) is 13.3. The number of nitrogens with one attached hydrogen (secondary N) is 1. The van der Waals surface area contributed by atoms with E-state index < -0.39 is 0 Å². The summed E-state index contributed by atoms with van der Waals surface area (Å²) >= 11 is 0. The lowest BCUT2D eigenvalue weighted by atomic mass is 10.3. The fourth-order valence-corrected chi connectivity index (χ4v) is 1.16. The third-order valence-electron chi connectivity index (χ3n) is 2.28. The Hall–Kier alpha value is -0.570. The molecule has 1 amide bonds. The standard InChI is InChI=1S/C9H18N2O/c1-4-11(3)9(12)7(2)10-8-5-6-8/h7-8,10H,4-6H2,1-3H3. The molecule has 3 nitrogen and oxygen atoms in total. The van der Waals surface area contributed by atoms with Crippen molar-refractivity contribution >= 4 is 5.91 Å². The van der Waals surface area contributed by atoms with Crippen LogP contribution in [0, 0.1) is 0 Å². The Balaban J connectivity index is 2.28. The fraction of sp³-hybridized carbons (Fsp3) is 0.889. The number of likely N-dealkylation sites (N-methyl/N-ethyl adjacent to an activating group) is 1. The van der Waals surface area contributed by atoms with Gasteiger partial charge < -0.3 is 10.2 Å². The summed E-state index contributed by atoms with van der Waals surface area (Å²) in [7, 11) is 1.84. The monoisotopic (exact) mass is 170 g/mol. The van der Waals surface area contributed by atoms with Gasteiger partial charge in [0.2, 0.25) is 5.91 Å². The smallest absolute Gasteiger partial charge is 0.239 e. The van der Waals surface area contributed by atoms with Crippen LogP contribution in [0.5, 0.6) is 0 Å². The summed E-state index contributed by atoms with van der Waals surface area (Å²) in [5, 5.41) is 3.28. The zero-order valence-electron chi connectivity index (χ0n) is 8.13. The Morgan fingerprint density at radius 1 is 1.67 bits per heavy atom. The maximum Gasteiger partial charge on any atom is 0.239 e. The van der Waals surface area contributed by atoms with Crippen molar-refractivity contribution in [2.24, 2.45) is 0 Å². The van der Waals surface area contributed by atoms with Crippen LogP contribution in [0.1, 0.15) is 26.7 Å². The number of hydrogen-bond acceptors (Lipinski definition) is 2. The molecule has 1 N–H and O–H groups in total. The molecule has 1 rings (SSSR count). The summed E-state index contributed by atoms with van der Waals surface area (Å²) in [5.74, 6) is 0.199.